The first-order valence-corrected chi connectivity index (χ1v) is 15.1. The Kier molecular flexibility index (Phi) is 18.1. The number of aromatic nitrogens is 2. The molecule has 2 aromatic rings. The Labute approximate surface area is 246 Å². The highest BCUT2D eigenvalue weighted by molar-refractivity contribution is 5.85. The summed E-state index contributed by atoms with van der Waals surface area (Å²) in [5.74, 6) is 0.712. The number of hydrogen-bond acceptors (Lipinski definition) is 6. The predicted octanol–water partition coefficient (Wildman–Crippen LogP) is 5.48. The maximum atomic E-state index is 12.5. The Balaban J connectivity index is 0.000000398. The zero-order chi connectivity index (χ0) is 30.6. The van der Waals surface area contributed by atoms with Crippen molar-refractivity contribution in [1.82, 2.24) is 19.4 Å². The van der Waals surface area contributed by atoms with E-state index in [4.69, 9.17) is 14.9 Å². The maximum Gasteiger partial charge on any atom is 0.326 e. The lowest BCUT2D eigenvalue weighted by molar-refractivity contribution is -0.137. The monoisotopic (exact) mass is 571 g/mol. The van der Waals surface area contributed by atoms with E-state index in [0.717, 1.165) is 75.0 Å². The molecule has 2 aliphatic rings. The van der Waals surface area contributed by atoms with Gasteiger partial charge in [0.05, 0.1) is 31.3 Å². The molecule has 2 fully saturated rings. The lowest BCUT2D eigenvalue weighted by Crippen LogP contribution is -2.44. The van der Waals surface area contributed by atoms with Gasteiger partial charge >= 0.3 is 5.69 Å². The van der Waals surface area contributed by atoms with Gasteiger partial charge < -0.3 is 19.4 Å². The van der Waals surface area contributed by atoms with E-state index < -0.39 is 0 Å². The van der Waals surface area contributed by atoms with Crippen molar-refractivity contribution >= 4 is 22.8 Å². The summed E-state index contributed by atoms with van der Waals surface area (Å²) in [5, 5.41) is 7.42. The van der Waals surface area contributed by atoms with E-state index in [-0.39, 0.29) is 17.5 Å². The van der Waals surface area contributed by atoms with Gasteiger partial charge in [-0.15, -0.1) is 0 Å². The van der Waals surface area contributed by atoms with Crippen molar-refractivity contribution in [3.05, 3.63) is 59.1 Å². The summed E-state index contributed by atoms with van der Waals surface area (Å²) < 4.78 is 11.4. The standard InChI is InChI=1S/C18H29N3O2.C10H12N2O2.2C2H6/c1-15(6-7-17(19)23-2)14-20-12-8-16(9-13-20)18(22)21-10-4-3-5-11-21;1-14-7-6-12-9-5-3-2-4-8(9)11-10(12)13;2*1-2/h6-7,16,19H,1,3-5,8-14H2,2H3;2-5H,6-7H2,1H3,(H,11,13);2*1-2H3/b7-6-,19-17?;;;. The van der Waals surface area contributed by atoms with Crippen LogP contribution in [0.5, 0.6) is 0 Å². The van der Waals surface area contributed by atoms with Crippen molar-refractivity contribution in [2.75, 3.05) is 53.6 Å². The van der Waals surface area contributed by atoms with Gasteiger partial charge in [-0.3, -0.25) is 19.7 Å². The van der Waals surface area contributed by atoms with Crippen LogP contribution < -0.4 is 5.69 Å². The molecule has 1 aromatic carbocycles. The number of nitrogens with one attached hydrogen (secondary N) is 2. The molecule has 41 heavy (non-hydrogen) atoms. The minimum absolute atomic E-state index is 0.0803. The van der Waals surface area contributed by atoms with Crippen LogP contribution in [0.4, 0.5) is 0 Å². The first kappa shape index (κ1) is 35.9. The minimum atomic E-state index is -0.0803. The van der Waals surface area contributed by atoms with Crippen LogP contribution in [0.1, 0.15) is 59.8 Å². The van der Waals surface area contributed by atoms with Gasteiger partial charge in [0.2, 0.25) is 11.8 Å². The van der Waals surface area contributed by atoms with Gasteiger partial charge in [-0.1, -0.05) is 52.5 Å². The van der Waals surface area contributed by atoms with Gasteiger partial charge in [0.15, 0.2) is 0 Å². The number of amides is 1. The molecule has 1 amide bonds. The van der Waals surface area contributed by atoms with E-state index in [9.17, 15) is 9.59 Å². The largest absolute Gasteiger partial charge is 0.481 e. The van der Waals surface area contributed by atoms with Crippen molar-refractivity contribution in [2.45, 2.75) is 66.3 Å². The van der Waals surface area contributed by atoms with Gasteiger partial charge in [-0.05, 0) is 69.0 Å². The fourth-order valence-electron chi connectivity index (χ4n) is 4.82. The smallest absolute Gasteiger partial charge is 0.326 e. The third-order valence-electron chi connectivity index (χ3n) is 6.92. The first-order valence-electron chi connectivity index (χ1n) is 15.1. The first-order chi connectivity index (χ1) is 19.9. The average Bonchev–Trinajstić information content (AvgIpc) is 3.36. The second-order valence-corrected chi connectivity index (χ2v) is 9.59. The Bertz CT molecular complexity index is 1120. The molecule has 0 bridgehead atoms. The number of nitrogens with zero attached hydrogens (tertiary/aromatic N) is 3. The molecule has 2 N–H and O–H groups in total. The Hall–Kier alpha value is -3.17. The molecule has 0 spiro atoms. The van der Waals surface area contributed by atoms with Crippen LogP contribution in [0, 0.1) is 11.3 Å². The average molecular weight is 572 g/mol. The number of carbonyl (C=O) groups is 1. The molecule has 0 saturated carbocycles. The molecule has 0 unspecified atom stereocenters. The SMILES string of the molecule is C=C(/C=C\C(=N)OC)CN1CCC(C(=O)N2CCCCC2)CC1.CC.CC.COCCn1c(=O)[nH]c2ccccc21. The Morgan fingerprint density at radius 1 is 1.02 bits per heavy atom. The number of carbonyl (C=O) groups excluding carboxylic acids is 1. The molecule has 9 nitrogen and oxygen atoms in total. The maximum absolute atomic E-state index is 12.5. The van der Waals surface area contributed by atoms with Gasteiger partial charge in [0.1, 0.15) is 0 Å². The summed E-state index contributed by atoms with van der Waals surface area (Å²) in [6.45, 7) is 17.7. The molecule has 230 valence electrons. The molecule has 1 aromatic heterocycles. The Morgan fingerprint density at radius 2 is 1.66 bits per heavy atom. The molecule has 0 aliphatic carbocycles. The molecule has 2 aliphatic heterocycles. The number of fused-ring (bicyclic) bond motifs is 1. The van der Waals surface area contributed by atoms with Crippen molar-refractivity contribution < 1.29 is 14.3 Å². The summed E-state index contributed by atoms with van der Waals surface area (Å²) in [6.07, 6.45) is 8.92. The van der Waals surface area contributed by atoms with E-state index in [1.807, 2.05) is 58.0 Å². The number of H-pyrrole nitrogens is 1. The number of benzene rings is 1. The zero-order valence-corrected chi connectivity index (χ0v) is 26.2. The molecular formula is C32H53N5O4. The highest BCUT2D eigenvalue weighted by Gasteiger charge is 2.29. The molecule has 2 saturated heterocycles. The minimum Gasteiger partial charge on any atom is -0.481 e. The third-order valence-corrected chi connectivity index (χ3v) is 6.92. The summed E-state index contributed by atoms with van der Waals surface area (Å²) in [6, 6.07) is 7.63. The van der Waals surface area contributed by atoms with Crippen molar-refractivity contribution in [3.8, 4) is 0 Å². The van der Waals surface area contributed by atoms with Gasteiger partial charge in [0, 0.05) is 32.7 Å². The summed E-state index contributed by atoms with van der Waals surface area (Å²) in [5.41, 5.74) is 2.68. The molecule has 9 heteroatoms. The van der Waals surface area contributed by atoms with Crippen LogP contribution in [0.3, 0.4) is 0 Å². The lowest BCUT2D eigenvalue weighted by Gasteiger charge is -2.35. The second-order valence-electron chi connectivity index (χ2n) is 9.59. The zero-order valence-electron chi connectivity index (χ0n) is 26.2. The highest BCUT2D eigenvalue weighted by atomic mass is 16.5. The van der Waals surface area contributed by atoms with Crippen LogP contribution in [0.15, 0.2) is 53.4 Å². The van der Waals surface area contributed by atoms with Crippen molar-refractivity contribution in [1.29, 1.82) is 5.41 Å². The highest BCUT2D eigenvalue weighted by Crippen LogP contribution is 2.22. The van der Waals surface area contributed by atoms with Gasteiger partial charge in [-0.25, -0.2) is 4.79 Å². The number of piperidine rings is 2. The number of hydrogen-bond donors (Lipinski definition) is 2. The van der Waals surface area contributed by atoms with Crippen LogP contribution in [-0.4, -0.2) is 84.7 Å². The molecule has 4 rings (SSSR count). The van der Waals surface area contributed by atoms with Crippen LogP contribution >= 0.6 is 0 Å². The molecule has 3 heterocycles. The van der Waals surface area contributed by atoms with Crippen LogP contribution in [0.25, 0.3) is 11.0 Å². The topological polar surface area (TPSA) is 104 Å². The van der Waals surface area contributed by atoms with E-state index >= 15 is 0 Å². The number of para-hydroxylation sites is 2. The quantitative estimate of drug-likeness (QED) is 0.248. The van der Waals surface area contributed by atoms with Gasteiger partial charge in [0.25, 0.3) is 0 Å². The second kappa shape index (κ2) is 20.7. The molecular weight excluding hydrogens is 518 g/mol. The molecule has 0 radical (unpaired) electrons. The van der Waals surface area contributed by atoms with E-state index in [2.05, 4.69) is 21.4 Å². The van der Waals surface area contributed by atoms with Gasteiger partial charge in [-0.2, -0.15) is 0 Å². The predicted molar refractivity (Wildman–Crippen MR) is 170 cm³/mol. The summed E-state index contributed by atoms with van der Waals surface area (Å²) in [4.78, 5) is 31.2. The summed E-state index contributed by atoms with van der Waals surface area (Å²) in [7, 11) is 3.11. The van der Waals surface area contributed by atoms with Crippen molar-refractivity contribution in [2.24, 2.45) is 5.92 Å². The number of rotatable bonds is 8. The number of ether oxygens (including phenoxy) is 2. The fraction of sp³-hybridized carbons (Fsp3) is 0.594. The lowest BCUT2D eigenvalue weighted by atomic mass is 9.94. The third kappa shape index (κ3) is 12.1. The summed E-state index contributed by atoms with van der Waals surface area (Å²) >= 11 is 0. The van der Waals surface area contributed by atoms with Crippen LogP contribution in [0.2, 0.25) is 0 Å². The number of imidazole rings is 1. The number of methoxy groups -OCH3 is 2. The fourth-order valence-corrected chi connectivity index (χ4v) is 4.82. The number of likely N-dealkylation sites (tertiary alicyclic amines) is 2. The van der Waals surface area contributed by atoms with E-state index in [1.165, 1.54) is 13.5 Å². The number of aromatic amines is 1. The molecule has 0 atom stereocenters. The normalized spacial score (nSPS) is 15.6. The van der Waals surface area contributed by atoms with Crippen molar-refractivity contribution in [3.63, 3.8) is 0 Å². The van der Waals surface area contributed by atoms with E-state index in [1.54, 1.807) is 17.8 Å². The van der Waals surface area contributed by atoms with E-state index in [0.29, 0.717) is 19.1 Å². The Morgan fingerprint density at radius 3 is 2.27 bits per heavy atom. The van der Waals surface area contributed by atoms with Crippen LogP contribution in [-0.2, 0) is 20.8 Å².